The molecule has 7 heteroatoms. The lowest BCUT2D eigenvalue weighted by Gasteiger charge is -2.02. The quantitative estimate of drug-likeness (QED) is 0.760. The predicted molar refractivity (Wildman–Crippen MR) is 41.4 cm³/mol. The Labute approximate surface area is 76.5 Å². The average molecular weight is 211 g/mol. The highest BCUT2D eigenvalue weighted by Crippen LogP contribution is 2.04. The molecule has 0 spiro atoms. The second-order valence-corrected chi connectivity index (χ2v) is 2.43. The van der Waals surface area contributed by atoms with E-state index in [-0.39, 0.29) is 11.0 Å². The molecular formula is C6H5ClF2N2O2. The maximum absolute atomic E-state index is 11.6. The highest BCUT2D eigenvalue weighted by molar-refractivity contribution is 6.28. The van der Waals surface area contributed by atoms with E-state index in [2.05, 4.69) is 14.7 Å². The summed E-state index contributed by atoms with van der Waals surface area (Å²) in [6.45, 7) is -0.841. The number of H-pyrrole nitrogens is 1. The number of hydrogen-bond donors (Lipinski definition) is 1. The van der Waals surface area contributed by atoms with Crippen molar-refractivity contribution in [2.45, 2.75) is 6.43 Å². The topological polar surface area (TPSA) is 55.0 Å². The zero-order chi connectivity index (χ0) is 9.84. The summed E-state index contributed by atoms with van der Waals surface area (Å²) in [6.07, 6.45) is -1.64. The first kappa shape index (κ1) is 9.91. The van der Waals surface area contributed by atoms with Gasteiger partial charge in [-0.05, 0) is 11.6 Å². The maximum Gasteiger partial charge on any atom is 0.294 e. The van der Waals surface area contributed by atoms with Crippen LogP contribution in [-0.2, 0) is 0 Å². The Balaban J connectivity index is 2.73. The zero-order valence-electron chi connectivity index (χ0n) is 6.26. The number of halogens is 3. The minimum Gasteiger partial charge on any atom is -0.481 e. The number of aromatic amines is 1. The van der Waals surface area contributed by atoms with E-state index >= 15 is 0 Å². The van der Waals surface area contributed by atoms with Gasteiger partial charge in [0.2, 0.25) is 11.0 Å². The molecule has 0 saturated carbocycles. The van der Waals surface area contributed by atoms with Gasteiger partial charge in [0.05, 0.1) is 6.20 Å². The lowest BCUT2D eigenvalue weighted by Crippen LogP contribution is -2.15. The Kier molecular flexibility index (Phi) is 3.18. The molecule has 0 radical (unpaired) electrons. The van der Waals surface area contributed by atoms with E-state index < -0.39 is 18.6 Å². The monoisotopic (exact) mass is 210 g/mol. The molecule has 0 aromatic carbocycles. The second-order valence-electron chi connectivity index (χ2n) is 2.07. The van der Waals surface area contributed by atoms with Crippen LogP contribution in [0.3, 0.4) is 0 Å². The molecule has 0 unspecified atom stereocenters. The van der Waals surface area contributed by atoms with E-state index in [4.69, 9.17) is 11.6 Å². The van der Waals surface area contributed by atoms with Gasteiger partial charge in [0.15, 0.2) is 0 Å². The van der Waals surface area contributed by atoms with Crippen LogP contribution in [0.25, 0.3) is 0 Å². The van der Waals surface area contributed by atoms with Crippen molar-refractivity contribution in [2.24, 2.45) is 0 Å². The summed E-state index contributed by atoms with van der Waals surface area (Å²) in [4.78, 5) is 16.5. The molecule has 1 aromatic heterocycles. The molecule has 0 amide bonds. The Bertz CT molecular complexity index is 342. The van der Waals surface area contributed by atoms with E-state index in [1.54, 1.807) is 0 Å². The van der Waals surface area contributed by atoms with Crippen LogP contribution in [0.2, 0.25) is 5.28 Å². The fourth-order valence-electron chi connectivity index (χ4n) is 0.617. The van der Waals surface area contributed by atoms with Gasteiger partial charge in [-0.1, -0.05) is 0 Å². The normalized spacial score (nSPS) is 10.5. The Morgan fingerprint density at radius 2 is 2.38 bits per heavy atom. The fourth-order valence-corrected chi connectivity index (χ4v) is 0.752. The molecule has 0 saturated heterocycles. The molecule has 0 aliphatic carbocycles. The molecule has 72 valence electrons. The van der Waals surface area contributed by atoms with Crippen LogP contribution >= 0.6 is 11.6 Å². The summed E-state index contributed by atoms with van der Waals surface area (Å²) >= 11 is 5.31. The third-order valence-corrected chi connectivity index (χ3v) is 1.29. The molecule has 0 aliphatic heterocycles. The van der Waals surface area contributed by atoms with Crippen LogP contribution in [0.15, 0.2) is 11.0 Å². The van der Waals surface area contributed by atoms with Crippen molar-refractivity contribution >= 4 is 11.6 Å². The Morgan fingerprint density at radius 3 is 2.92 bits per heavy atom. The van der Waals surface area contributed by atoms with Crippen LogP contribution in [0.4, 0.5) is 8.78 Å². The highest BCUT2D eigenvalue weighted by atomic mass is 35.5. The largest absolute Gasteiger partial charge is 0.481 e. The summed E-state index contributed by atoms with van der Waals surface area (Å²) in [5.41, 5.74) is -0.680. The lowest BCUT2D eigenvalue weighted by atomic mass is 10.6. The Hall–Kier alpha value is -1.17. The molecule has 0 aliphatic rings. The number of nitrogens with zero attached hydrogens (tertiary/aromatic N) is 1. The minimum atomic E-state index is -2.63. The molecule has 0 bridgehead atoms. The molecule has 0 atom stereocenters. The van der Waals surface area contributed by atoms with Crippen LogP contribution < -0.4 is 10.3 Å². The molecule has 13 heavy (non-hydrogen) atoms. The number of ether oxygens (including phenoxy) is 1. The van der Waals surface area contributed by atoms with E-state index in [0.717, 1.165) is 6.20 Å². The zero-order valence-corrected chi connectivity index (χ0v) is 7.02. The molecule has 1 N–H and O–H groups in total. The molecule has 0 fully saturated rings. The van der Waals surface area contributed by atoms with Crippen molar-refractivity contribution in [3.05, 3.63) is 21.8 Å². The van der Waals surface area contributed by atoms with Crippen molar-refractivity contribution in [1.29, 1.82) is 0 Å². The summed E-state index contributed by atoms with van der Waals surface area (Å²) in [5.74, 6) is -0.273. The highest BCUT2D eigenvalue weighted by Gasteiger charge is 2.06. The molecule has 1 aromatic rings. The van der Waals surface area contributed by atoms with Gasteiger partial charge in [-0.3, -0.25) is 9.78 Å². The number of nitrogens with one attached hydrogen (secondary N) is 1. The first-order valence-corrected chi connectivity index (χ1v) is 3.63. The molecule has 1 heterocycles. The molecular weight excluding hydrogens is 206 g/mol. The fraction of sp³-hybridized carbons (Fsp3) is 0.333. The van der Waals surface area contributed by atoms with Gasteiger partial charge in [-0.2, -0.15) is 0 Å². The first-order valence-electron chi connectivity index (χ1n) is 3.25. The van der Waals surface area contributed by atoms with E-state index in [9.17, 15) is 13.6 Å². The van der Waals surface area contributed by atoms with Crippen molar-refractivity contribution in [1.82, 2.24) is 9.97 Å². The van der Waals surface area contributed by atoms with Crippen molar-refractivity contribution < 1.29 is 13.5 Å². The number of hydrogen-bond acceptors (Lipinski definition) is 3. The lowest BCUT2D eigenvalue weighted by molar-refractivity contribution is 0.0809. The standard InChI is InChI=1S/C6H5ClF2N2O2/c7-6-10-1-3(5(12)11-6)13-2-4(8)9/h1,4H,2H2,(H,10,11,12). The van der Waals surface area contributed by atoms with Gasteiger partial charge in [-0.25, -0.2) is 13.8 Å². The van der Waals surface area contributed by atoms with Crippen molar-refractivity contribution in [3.63, 3.8) is 0 Å². The Morgan fingerprint density at radius 1 is 1.69 bits per heavy atom. The smallest absolute Gasteiger partial charge is 0.294 e. The predicted octanol–water partition coefficient (Wildman–Crippen LogP) is 1.07. The van der Waals surface area contributed by atoms with Gasteiger partial charge in [0.25, 0.3) is 12.0 Å². The van der Waals surface area contributed by atoms with Crippen LogP contribution in [-0.4, -0.2) is 23.0 Å². The maximum atomic E-state index is 11.6. The van der Waals surface area contributed by atoms with Gasteiger partial charge in [0.1, 0.15) is 6.61 Å². The third-order valence-electron chi connectivity index (χ3n) is 1.10. The summed E-state index contributed by atoms with van der Waals surface area (Å²) in [6, 6.07) is 0. The van der Waals surface area contributed by atoms with Gasteiger partial charge >= 0.3 is 0 Å². The minimum absolute atomic E-state index is 0.116. The third kappa shape index (κ3) is 2.98. The number of alkyl halides is 2. The van der Waals surface area contributed by atoms with Gasteiger partial charge in [0, 0.05) is 0 Å². The number of rotatable bonds is 3. The average Bonchev–Trinajstić information content (AvgIpc) is 2.02. The first-order chi connectivity index (χ1) is 6.09. The van der Waals surface area contributed by atoms with Crippen LogP contribution in [0, 0.1) is 0 Å². The van der Waals surface area contributed by atoms with E-state index in [0.29, 0.717) is 0 Å². The number of aromatic nitrogens is 2. The second kappa shape index (κ2) is 4.18. The summed E-state index contributed by atoms with van der Waals surface area (Å²) < 4.78 is 27.7. The van der Waals surface area contributed by atoms with E-state index in [1.165, 1.54) is 0 Å². The van der Waals surface area contributed by atoms with Crippen LogP contribution in [0.5, 0.6) is 5.75 Å². The molecule has 1 rings (SSSR count). The summed E-state index contributed by atoms with van der Waals surface area (Å²) in [5, 5.41) is -0.116. The van der Waals surface area contributed by atoms with Gasteiger partial charge < -0.3 is 4.74 Å². The van der Waals surface area contributed by atoms with Crippen molar-refractivity contribution in [3.8, 4) is 5.75 Å². The van der Waals surface area contributed by atoms with E-state index in [1.807, 2.05) is 0 Å². The van der Waals surface area contributed by atoms with Crippen LogP contribution in [0.1, 0.15) is 0 Å². The molecule has 4 nitrogen and oxygen atoms in total. The summed E-state index contributed by atoms with van der Waals surface area (Å²) in [7, 11) is 0. The van der Waals surface area contributed by atoms with Gasteiger partial charge in [-0.15, -0.1) is 0 Å². The SMILES string of the molecule is O=c1[nH]c(Cl)ncc1OCC(F)F. The van der Waals surface area contributed by atoms with Crippen molar-refractivity contribution in [2.75, 3.05) is 6.61 Å².